The van der Waals surface area contributed by atoms with Crippen LogP contribution in [0.15, 0.2) is 30.3 Å². The lowest BCUT2D eigenvalue weighted by Crippen LogP contribution is -2.16. The Morgan fingerprint density at radius 3 is 2.18 bits per heavy atom. The molecule has 0 aliphatic heterocycles. The Labute approximate surface area is 176 Å². The Morgan fingerprint density at radius 1 is 0.964 bits per heavy atom. The minimum Gasteiger partial charge on any atom is -0.506 e. The first kappa shape index (κ1) is 22.7. The molecule has 1 aromatic carbocycles. The van der Waals surface area contributed by atoms with Crippen LogP contribution in [0.25, 0.3) is 11.3 Å². The summed E-state index contributed by atoms with van der Waals surface area (Å²) in [4.78, 5) is 4.85. The van der Waals surface area contributed by atoms with Crippen LogP contribution >= 0.6 is 11.6 Å². The van der Waals surface area contributed by atoms with Crippen molar-refractivity contribution in [1.29, 1.82) is 0 Å². The number of aryl methyl sites for hydroxylation is 1. The maximum atomic E-state index is 11.0. The van der Waals surface area contributed by atoms with Crippen LogP contribution in [0, 0.1) is 5.41 Å². The fourth-order valence-corrected chi connectivity index (χ4v) is 3.67. The molecular weight excluding hydrogens is 366 g/mol. The number of aromatic nitrogens is 1. The summed E-state index contributed by atoms with van der Waals surface area (Å²) >= 11 is 6.05. The molecule has 0 amide bonds. The normalized spacial score (nSPS) is 12.4. The van der Waals surface area contributed by atoms with Gasteiger partial charge in [0, 0.05) is 16.1 Å². The van der Waals surface area contributed by atoms with Gasteiger partial charge in [-0.1, -0.05) is 84.5 Å². The molecule has 2 rings (SSSR count). The first-order chi connectivity index (χ1) is 13.0. The molecule has 2 aromatic rings. The van der Waals surface area contributed by atoms with E-state index in [1.165, 1.54) is 25.7 Å². The van der Waals surface area contributed by atoms with Gasteiger partial charge in [-0.15, -0.1) is 0 Å². The minimum atomic E-state index is -0.153. The highest BCUT2D eigenvalue weighted by molar-refractivity contribution is 6.30. The molecule has 1 aromatic heterocycles. The Kier molecular flexibility index (Phi) is 7.56. The van der Waals surface area contributed by atoms with Crippen molar-refractivity contribution in [3.8, 4) is 17.0 Å². The first-order valence-corrected chi connectivity index (χ1v) is 10.9. The van der Waals surface area contributed by atoms with Crippen LogP contribution in [0.4, 0.5) is 0 Å². The third-order valence-electron chi connectivity index (χ3n) is 5.51. The molecule has 0 saturated heterocycles. The van der Waals surface area contributed by atoms with Gasteiger partial charge in [0.1, 0.15) is 5.75 Å². The number of nitrogens with zero attached hydrogens (tertiary/aromatic N) is 1. The molecule has 3 heteroatoms. The number of unbranched alkanes of at least 4 members (excludes halogenated alkanes) is 2. The average molecular weight is 402 g/mol. The van der Waals surface area contributed by atoms with Crippen LogP contribution in [0.5, 0.6) is 5.75 Å². The van der Waals surface area contributed by atoms with Crippen molar-refractivity contribution in [2.75, 3.05) is 0 Å². The number of benzene rings is 1. The third-order valence-corrected chi connectivity index (χ3v) is 5.76. The zero-order chi connectivity index (χ0) is 20.9. The van der Waals surface area contributed by atoms with Gasteiger partial charge in [0.05, 0.1) is 11.4 Å². The summed E-state index contributed by atoms with van der Waals surface area (Å²) in [5, 5.41) is 11.7. The topological polar surface area (TPSA) is 33.1 Å². The fraction of sp³-hybridized carbons (Fsp3) is 0.560. The molecule has 0 spiro atoms. The monoisotopic (exact) mass is 401 g/mol. The second kappa shape index (κ2) is 9.31. The summed E-state index contributed by atoms with van der Waals surface area (Å²) in [7, 11) is 0. The Bertz CT molecular complexity index is 772. The van der Waals surface area contributed by atoms with Crippen molar-refractivity contribution in [1.82, 2.24) is 4.98 Å². The molecule has 0 unspecified atom stereocenters. The summed E-state index contributed by atoms with van der Waals surface area (Å²) < 4.78 is 0. The summed E-state index contributed by atoms with van der Waals surface area (Å²) in [6.45, 7) is 13.3. The number of hydrogen-bond acceptors (Lipinski definition) is 2. The van der Waals surface area contributed by atoms with Crippen molar-refractivity contribution in [3.05, 3.63) is 46.6 Å². The van der Waals surface area contributed by atoms with E-state index < -0.39 is 0 Å². The molecular formula is C25H36ClNO. The maximum absolute atomic E-state index is 11.0. The van der Waals surface area contributed by atoms with E-state index in [4.69, 9.17) is 16.6 Å². The highest BCUT2D eigenvalue weighted by atomic mass is 35.5. The molecule has 0 fully saturated rings. The second-order valence-corrected chi connectivity index (χ2v) is 10.2. The summed E-state index contributed by atoms with van der Waals surface area (Å²) in [5.41, 5.74) is 3.78. The number of aromatic hydroxyl groups is 1. The van der Waals surface area contributed by atoms with Crippen molar-refractivity contribution in [2.24, 2.45) is 5.41 Å². The quantitative estimate of drug-likeness (QED) is 0.455. The van der Waals surface area contributed by atoms with Gasteiger partial charge in [-0.25, -0.2) is 4.98 Å². The van der Waals surface area contributed by atoms with Gasteiger partial charge in [-0.3, -0.25) is 0 Å². The molecule has 28 heavy (non-hydrogen) atoms. The summed E-state index contributed by atoms with van der Waals surface area (Å²) in [5.74, 6) is 0.356. The molecule has 154 valence electrons. The van der Waals surface area contributed by atoms with E-state index in [0.717, 1.165) is 35.4 Å². The molecule has 1 N–H and O–H groups in total. The van der Waals surface area contributed by atoms with E-state index >= 15 is 0 Å². The standard InChI is InChI=1S/C25H36ClNO/c1-7-8-9-15-25(5,6)16-14-21-23(28)20(24(2,3)4)17-22(27-21)18-10-12-19(26)13-11-18/h10-13,17,28H,7-9,14-16H2,1-6H3. The second-order valence-electron chi connectivity index (χ2n) is 9.73. The highest BCUT2D eigenvalue weighted by Crippen LogP contribution is 2.38. The van der Waals surface area contributed by atoms with Crippen molar-refractivity contribution in [3.63, 3.8) is 0 Å². The maximum Gasteiger partial charge on any atom is 0.140 e. The van der Waals surface area contributed by atoms with Crippen LogP contribution < -0.4 is 0 Å². The van der Waals surface area contributed by atoms with Crippen LogP contribution in [0.2, 0.25) is 5.02 Å². The van der Waals surface area contributed by atoms with Gasteiger partial charge in [0.15, 0.2) is 0 Å². The van der Waals surface area contributed by atoms with Gasteiger partial charge in [0.2, 0.25) is 0 Å². The highest BCUT2D eigenvalue weighted by Gasteiger charge is 2.24. The zero-order valence-corrected chi connectivity index (χ0v) is 19.2. The zero-order valence-electron chi connectivity index (χ0n) is 18.4. The fourth-order valence-electron chi connectivity index (χ4n) is 3.54. The molecule has 1 heterocycles. The van der Waals surface area contributed by atoms with Gasteiger partial charge in [0.25, 0.3) is 0 Å². The van der Waals surface area contributed by atoms with Gasteiger partial charge >= 0.3 is 0 Å². The Hall–Kier alpha value is -1.54. The third kappa shape index (κ3) is 6.24. The van der Waals surface area contributed by atoms with Crippen LogP contribution in [0.3, 0.4) is 0 Å². The first-order valence-electron chi connectivity index (χ1n) is 10.5. The largest absolute Gasteiger partial charge is 0.506 e. The predicted octanol–water partition coefficient (Wildman–Crippen LogP) is 7.94. The van der Waals surface area contributed by atoms with Crippen molar-refractivity contribution < 1.29 is 5.11 Å². The lowest BCUT2D eigenvalue weighted by atomic mass is 9.81. The SMILES string of the molecule is CCCCCC(C)(C)CCc1nc(-c2ccc(Cl)cc2)cc(C(C)(C)C)c1O. The molecule has 0 bridgehead atoms. The molecule has 0 atom stereocenters. The van der Waals surface area contributed by atoms with Crippen molar-refractivity contribution in [2.45, 2.75) is 85.5 Å². The Balaban J connectivity index is 2.34. The number of pyridine rings is 1. The summed E-state index contributed by atoms with van der Waals surface area (Å²) in [6.07, 6.45) is 6.82. The van der Waals surface area contributed by atoms with Crippen LogP contribution in [-0.4, -0.2) is 10.1 Å². The lowest BCUT2D eigenvalue weighted by Gasteiger charge is -2.26. The van der Waals surface area contributed by atoms with E-state index in [2.05, 4.69) is 41.5 Å². The summed E-state index contributed by atoms with van der Waals surface area (Å²) in [6, 6.07) is 9.78. The molecule has 0 radical (unpaired) electrons. The van der Waals surface area contributed by atoms with Crippen molar-refractivity contribution >= 4 is 11.6 Å². The van der Waals surface area contributed by atoms with Crippen LogP contribution in [0.1, 0.15) is 84.9 Å². The van der Waals surface area contributed by atoms with E-state index in [0.29, 0.717) is 10.8 Å². The number of rotatable bonds is 8. The molecule has 2 nitrogen and oxygen atoms in total. The van der Waals surface area contributed by atoms with E-state index in [1.54, 1.807) is 0 Å². The molecule has 0 aliphatic carbocycles. The predicted molar refractivity (Wildman–Crippen MR) is 121 cm³/mol. The number of halogens is 1. The van der Waals surface area contributed by atoms with Gasteiger partial charge in [-0.2, -0.15) is 0 Å². The Morgan fingerprint density at radius 2 is 1.61 bits per heavy atom. The lowest BCUT2D eigenvalue weighted by molar-refractivity contribution is 0.293. The van der Waals surface area contributed by atoms with Gasteiger partial charge < -0.3 is 5.11 Å². The smallest absolute Gasteiger partial charge is 0.140 e. The average Bonchev–Trinajstić information content (AvgIpc) is 2.61. The van der Waals surface area contributed by atoms with E-state index in [-0.39, 0.29) is 10.8 Å². The number of hydrogen-bond donors (Lipinski definition) is 1. The van der Waals surface area contributed by atoms with Crippen LogP contribution in [-0.2, 0) is 11.8 Å². The van der Waals surface area contributed by atoms with E-state index in [1.807, 2.05) is 30.3 Å². The minimum absolute atomic E-state index is 0.153. The van der Waals surface area contributed by atoms with Gasteiger partial charge in [-0.05, 0) is 48.3 Å². The molecule has 0 saturated carbocycles. The molecule has 0 aliphatic rings. The van der Waals surface area contributed by atoms with E-state index in [9.17, 15) is 5.11 Å².